The summed E-state index contributed by atoms with van der Waals surface area (Å²) in [4.78, 5) is 22.0. The lowest BCUT2D eigenvalue weighted by Crippen LogP contribution is -2.48. The second-order valence-corrected chi connectivity index (χ2v) is 4.41. The fraction of sp³-hybridized carbons (Fsp3) is 0.385. The number of rotatable bonds is 6. The Kier molecular flexibility index (Phi) is 4.44. The normalized spacial score (nSPS) is 13.9. The van der Waals surface area contributed by atoms with E-state index in [1.807, 2.05) is 6.92 Å². The molecule has 0 aliphatic rings. The maximum Gasteiger partial charge on any atom is 0.323 e. The molecule has 1 atom stereocenters. The van der Waals surface area contributed by atoms with Crippen molar-refractivity contribution in [1.29, 1.82) is 0 Å². The molecule has 1 aromatic carbocycles. The number of amides is 1. The molecule has 0 radical (unpaired) electrons. The predicted molar refractivity (Wildman–Crippen MR) is 68.1 cm³/mol. The van der Waals surface area contributed by atoms with Gasteiger partial charge in [0, 0.05) is 12.1 Å². The Labute approximate surface area is 106 Å². The van der Waals surface area contributed by atoms with Crippen LogP contribution in [0.15, 0.2) is 24.3 Å². The number of carboxylic acids is 1. The molecule has 0 heterocycles. The molecule has 0 spiro atoms. The first-order valence-corrected chi connectivity index (χ1v) is 5.76. The number of primary amides is 1. The number of nitrogens with two attached hydrogens (primary N) is 1. The van der Waals surface area contributed by atoms with Crippen LogP contribution in [0.4, 0.5) is 0 Å². The highest BCUT2D eigenvalue weighted by atomic mass is 16.4. The molecule has 0 aromatic heterocycles. The highest BCUT2D eigenvalue weighted by Crippen LogP contribution is 2.11. The number of hydrogen-bond acceptors (Lipinski definition) is 3. The van der Waals surface area contributed by atoms with Gasteiger partial charge in [-0.1, -0.05) is 19.1 Å². The van der Waals surface area contributed by atoms with Crippen LogP contribution in [0.3, 0.4) is 0 Å². The third-order valence-electron chi connectivity index (χ3n) is 3.10. The second kappa shape index (κ2) is 5.64. The number of hydrogen-bond donors (Lipinski definition) is 3. The van der Waals surface area contributed by atoms with Crippen molar-refractivity contribution in [3.05, 3.63) is 35.4 Å². The van der Waals surface area contributed by atoms with Gasteiger partial charge < -0.3 is 10.8 Å². The van der Waals surface area contributed by atoms with E-state index in [0.29, 0.717) is 18.5 Å². The van der Waals surface area contributed by atoms with Crippen LogP contribution in [0, 0.1) is 0 Å². The fourth-order valence-electron chi connectivity index (χ4n) is 1.44. The monoisotopic (exact) mass is 250 g/mol. The van der Waals surface area contributed by atoms with Crippen LogP contribution in [0.5, 0.6) is 0 Å². The van der Waals surface area contributed by atoms with Crippen LogP contribution >= 0.6 is 0 Å². The summed E-state index contributed by atoms with van der Waals surface area (Å²) >= 11 is 0. The molecule has 5 nitrogen and oxygen atoms in total. The zero-order valence-corrected chi connectivity index (χ0v) is 10.6. The van der Waals surface area contributed by atoms with E-state index in [1.165, 1.54) is 0 Å². The molecule has 1 amide bonds. The van der Waals surface area contributed by atoms with Crippen LogP contribution in [-0.2, 0) is 11.3 Å². The van der Waals surface area contributed by atoms with Gasteiger partial charge in [0.05, 0.1) is 0 Å². The number of carboxylic acid groups (broad SMARTS) is 1. The van der Waals surface area contributed by atoms with Crippen molar-refractivity contribution in [3.63, 3.8) is 0 Å². The van der Waals surface area contributed by atoms with Gasteiger partial charge in [0.15, 0.2) is 0 Å². The number of carbonyl (C=O) groups is 2. The van der Waals surface area contributed by atoms with Gasteiger partial charge in [-0.15, -0.1) is 0 Å². The van der Waals surface area contributed by atoms with E-state index >= 15 is 0 Å². The van der Waals surface area contributed by atoms with Crippen LogP contribution < -0.4 is 11.1 Å². The molecule has 1 unspecified atom stereocenters. The molecule has 5 heteroatoms. The van der Waals surface area contributed by atoms with Gasteiger partial charge in [-0.3, -0.25) is 14.9 Å². The third kappa shape index (κ3) is 3.30. The van der Waals surface area contributed by atoms with Crippen molar-refractivity contribution in [2.45, 2.75) is 32.4 Å². The summed E-state index contributed by atoms with van der Waals surface area (Å²) < 4.78 is 0. The van der Waals surface area contributed by atoms with Crippen LogP contribution in [0.25, 0.3) is 0 Å². The summed E-state index contributed by atoms with van der Waals surface area (Å²) in [5, 5.41) is 12.1. The van der Waals surface area contributed by atoms with Gasteiger partial charge in [-0.05, 0) is 31.0 Å². The van der Waals surface area contributed by atoms with E-state index in [1.54, 1.807) is 31.2 Å². The van der Waals surface area contributed by atoms with Gasteiger partial charge in [0.1, 0.15) is 5.54 Å². The topological polar surface area (TPSA) is 92.4 Å². The summed E-state index contributed by atoms with van der Waals surface area (Å²) in [7, 11) is 0. The molecule has 0 saturated carbocycles. The Hall–Kier alpha value is -1.88. The van der Waals surface area contributed by atoms with E-state index in [-0.39, 0.29) is 0 Å². The molecule has 0 bridgehead atoms. The maximum atomic E-state index is 11.1. The minimum absolute atomic E-state index is 0.426. The lowest BCUT2D eigenvalue weighted by Gasteiger charge is -2.24. The minimum atomic E-state index is -0.942. The van der Waals surface area contributed by atoms with Crippen molar-refractivity contribution in [1.82, 2.24) is 5.32 Å². The lowest BCUT2D eigenvalue weighted by molar-refractivity contribution is -0.144. The van der Waals surface area contributed by atoms with E-state index in [9.17, 15) is 9.59 Å². The van der Waals surface area contributed by atoms with Crippen molar-refractivity contribution < 1.29 is 14.7 Å². The van der Waals surface area contributed by atoms with Crippen LogP contribution in [-0.4, -0.2) is 22.5 Å². The predicted octanol–water partition coefficient (Wildman–Crippen LogP) is 1.13. The summed E-state index contributed by atoms with van der Waals surface area (Å²) in [5.41, 5.74) is 5.54. The first kappa shape index (κ1) is 14.2. The molecule has 1 rings (SSSR count). The highest BCUT2D eigenvalue weighted by molar-refractivity contribution is 5.92. The Balaban J connectivity index is 2.69. The van der Waals surface area contributed by atoms with Crippen molar-refractivity contribution in [2.75, 3.05) is 0 Å². The van der Waals surface area contributed by atoms with Crippen molar-refractivity contribution in [3.8, 4) is 0 Å². The second-order valence-electron chi connectivity index (χ2n) is 4.41. The van der Waals surface area contributed by atoms with Crippen molar-refractivity contribution in [2.24, 2.45) is 5.73 Å². The first-order chi connectivity index (χ1) is 8.39. The largest absolute Gasteiger partial charge is 0.480 e. The van der Waals surface area contributed by atoms with Crippen LogP contribution in [0.1, 0.15) is 36.2 Å². The molecular weight excluding hydrogens is 232 g/mol. The maximum absolute atomic E-state index is 11.1. The zero-order chi connectivity index (χ0) is 13.8. The van der Waals surface area contributed by atoms with Gasteiger partial charge >= 0.3 is 5.97 Å². The van der Waals surface area contributed by atoms with Crippen molar-refractivity contribution >= 4 is 11.9 Å². The van der Waals surface area contributed by atoms with E-state index in [0.717, 1.165) is 5.56 Å². The molecular formula is C13H18N2O3. The number of benzene rings is 1. The Morgan fingerprint density at radius 2 is 1.89 bits per heavy atom. The number of carbonyl (C=O) groups excluding carboxylic acids is 1. The average Bonchev–Trinajstić information content (AvgIpc) is 2.36. The molecule has 18 heavy (non-hydrogen) atoms. The smallest absolute Gasteiger partial charge is 0.323 e. The molecule has 0 aliphatic heterocycles. The molecule has 0 aliphatic carbocycles. The summed E-state index contributed by atoms with van der Waals surface area (Å²) in [5.74, 6) is -1.35. The lowest BCUT2D eigenvalue weighted by atomic mass is 9.98. The summed E-state index contributed by atoms with van der Waals surface area (Å²) in [6.07, 6.45) is 0.488. The van der Waals surface area contributed by atoms with E-state index < -0.39 is 17.4 Å². The highest BCUT2D eigenvalue weighted by Gasteiger charge is 2.29. The Morgan fingerprint density at radius 3 is 2.28 bits per heavy atom. The van der Waals surface area contributed by atoms with Gasteiger partial charge in [-0.2, -0.15) is 0 Å². The molecule has 98 valence electrons. The zero-order valence-electron chi connectivity index (χ0n) is 10.6. The fourth-order valence-corrected chi connectivity index (χ4v) is 1.44. The van der Waals surface area contributed by atoms with Gasteiger partial charge in [0.25, 0.3) is 0 Å². The minimum Gasteiger partial charge on any atom is -0.480 e. The SMILES string of the molecule is CCC(C)(NCc1ccc(C(N)=O)cc1)C(=O)O. The van der Waals surface area contributed by atoms with E-state index in [4.69, 9.17) is 10.8 Å². The molecule has 0 saturated heterocycles. The molecule has 4 N–H and O–H groups in total. The van der Waals surface area contributed by atoms with Gasteiger partial charge in [0.2, 0.25) is 5.91 Å². The third-order valence-corrected chi connectivity index (χ3v) is 3.10. The van der Waals surface area contributed by atoms with E-state index in [2.05, 4.69) is 5.32 Å². The Morgan fingerprint density at radius 1 is 1.33 bits per heavy atom. The number of aliphatic carboxylic acids is 1. The first-order valence-electron chi connectivity index (χ1n) is 5.76. The standard InChI is InChI=1S/C13H18N2O3/c1-3-13(2,12(17)18)15-8-9-4-6-10(7-5-9)11(14)16/h4-7,15H,3,8H2,1-2H3,(H2,14,16)(H,17,18). The van der Waals surface area contributed by atoms with Gasteiger partial charge in [-0.25, -0.2) is 0 Å². The summed E-state index contributed by atoms with van der Waals surface area (Å²) in [6.45, 7) is 3.89. The van der Waals surface area contributed by atoms with Crippen LogP contribution in [0.2, 0.25) is 0 Å². The molecule has 1 aromatic rings. The molecule has 0 fully saturated rings. The summed E-state index contributed by atoms with van der Waals surface area (Å²) in [6, 6.07) is 6.77. The quantitative estimate of drug-likeness (QED) is 0.705. The average molecular weight is 250 g/mol. The Bertz CT molecular complexity index is 442. The number of nitrogens with one attached hydrogen (secondary N) is 1.